The molecule has 3 rings (SSSR count). The minimum Gasteiger partial charge on any atom is -0.488 e. The predicted octanol–water partition coefficient (Wildman–Crippen LogP) is 5.63. The number of rotatable bonds is 5. The van der Waals surface area contributed by atoms with Crippen LogP contribution in [0.3, 0.4) is 0 Å². The number of nitrogens with one attached hydrogen (secondary N) is 1. The monoisotopic (exact) mass is 463 g/mol. The van der Waals surface area contributed by atoms with E-state index in [-0.39, 0.29) is 12.0 Å². The van der Waals surface area contributed by atoms with Crippen molar-refractivity contribution in [3.05, 3.63) is 57.6 Å². The number of halogens is 1. The van der Waals surface area contributed by atoms with E-state index < -0.39 is 0 Å². The fraction of sp³-hybridized carbons (Fsp3) is 0.409. The van der Waals surface area contributed by atoms with Crippen LogP contribution in [0, 0.1) is 20.8 Å². The fourth-order valence-corrected chi connectivity index (χ4v) is 4.63. The first-order chi connectivity index (χ1) is 12.4. The van der Waals surface area contributed by atoms with Crippen LogP contribution in [-0.4, -0.2) is 16.9 Å². The molecule has 2 aromatic rings. The van der Waals surface area contributed by atoms with Crippen LogP contribution in [0.2, 0.25) is 0 Å². The third kappa shape index (κ3) is 3.13. The van der Waals surface area contributed by atoms with Gasteiger partial charge in [-0.05, 0) is 54.5 Å². The van der Waals surface area contributed by atoms with Crippen molar-refractivity contribution in [2.75, 3.05) is 9.74 Å². The van der Waals surface area contributed by atoms with E-state index in [0.717, 1.165) is 39.0 Å². The maximum absolute atomic E-state index is 11.1. The minimum atomic E-state index is 0.110. The molecule has 138 valence electrons. The molecule has 0 aliphatic carbocycles. The van der Waals surface area contributed by atoms with Crippen LogP contribution in [0.4, 0.5) is 5.69 Å². The van der Waals surface area contributed by atoms with Gasteiger partial charge in [0.25, 0.3) is 0 Å². The van der Waals surface area contributed by atoms with Crippen LogP contribution in [0.25, 0.3) is 0 Å². The average Bonchev–Trinajstić information content (AvgIpc) is 3.03. The van der Waals surface area contributed by atoms with Gasteiger partial charge in [-0.3, -0.25) is 4.79 Å². The van der Waals surface area contributed by atoms with Crippen LogP contribution in [0.5, 0.6) is 5.75 Å². The lowest BCUT2D eigenvalue weighted by Crippen LogP contribution is -2.21. The summed E-state index contributed by atoms with van der Waals surface area (Å²) >= 11 is 2.41. The molecule has 1 amide bonds. The topological polar surface area (TPSA) is 38.3 Å². The van der Waals surface area contributed by atoms with Gasteiger partial charge in [-0.2, -0.15) is 0 Å². The van der Waals surface area contributed by atoms with E-state index in [0.29, 0.717) is 5.92 Å². The van der Waals surface area contributed by atoms with Crippen LogP contribution in [0.1, 0.15) is 59.1 Å². The molecule has 0 saturated carbocycles. The molecular weight excluding hydrogens is 437 g/mol. The maximum Gasteiger partial charge on any atom is 0.211 e. The molecule has 4 heteroatoms. The third-order valence-corrected chi connectivity index (χ3v) is 6.44. The van der Waals surface area contributed by atoms with Gasteiger partial charge in [0.15, 0.2) is 0 Å². The Kier molecular flexibility index (Phi) is 5.61. The van der Waals surface area contributed by atoms with Gasteiger partial charge in [0.05, 0.1) is 5.92 Å². The molecule has 1 heterocycles. The Bertz CT molecular complexity index is 827. The third-order valence-electron chi connectivity index (χ3n) is 5.57. The zero-order valence-corrected chi connectivity index (χ0v) is 18.2. The summed E-state index contributed by atoms with van der Waals surface area (Å²) in [6.07, 6.45) is 0.873. The molecule has 26 heavy (non-hydrogen) atoms. The second-order valence-electron chi connectivity index (χ2n) is 7.36. The average molecular weight is 463 g/mol. The highest BCUT2D eigenvalue weighted by Crippen LogP contribution is 2.49. The Morgan fingerprint density at radius 2 is 1.77 bits per heavy atom. The quantitative estimate of drug-likeness (QED) is 0.355. The minimum absolute atomic E-state index is 0.110. The van der Waals surface area contributed by atoms with Gasteiger partial charge < -0.3 is 10.1 Å². The van der Waals surface area contributed by atoms with E-state index in [4.69, 9.17) is 4.74 Å². The zero-order chi connectivity index (χ0) is 19.0. The molecular formula is C22H26INO2. The van der Waals surface area contributed by atoms with Crippen molar-refractivity contribution in [3.8, 4) is 5.75 Å². The SMILES string of the molecule is Cc1c(C)c2c(c(C)c1NC=O)C(c1ccc(C(C)C)cc1)C(CI)O2. The number of amides is 1. The summed E-state index contributed by atoms with van der Waals surface area (Å²) < 4.78 is 7.32. The van der Waals surface area contributed by atoms with Crippen LogP contribution >= 0.6 is 22.6 Å². The highest BCUT2D eigenvalue weighted by atomic mass is 127. The Morgan fingerprint density at radius 1 is 1.12 bits per heavy atom. The van der Waals surface area contributed by atoms with Gasteiger partial charge in [0.1, 0.15) is 11.9 Å². The molecule has 0 bridgehead atoms. The lowest BCUT2D eigenvalue weighted by Gasteiger charge is -2.20. The van der Waals surface area contributed by atoms with Crippen molar-refractivity contribution < 1.29 is 9.53 Å². The molecule has 2 aromatic carbocycles. The van der Waals surface area contributed by atoms with Gasteiger partial charge >= 0.3 is 0 Å². The number of ether oxygens (including phenoxy) is 1. The van der Waals surface area contributed by atoms with Crippen molar-refractivity contribution in [2.24, 2.45) is 0 Å². The van der Waals surface area contributed by atoms with Crippen LogP contribution in [-0.2, 0) is 4.79 Å². The lowest BCUT2D eigenvalue weighted by molar-refractivity contribution is -0.105. The van der Waals surface area contributed by atoms with Crippen molar-refractivity contribution in [3.63, 3.8) is 0 Å². The molecule has 2 atom stereocenters. The predicted molar refractivity (Wildman–Crippen MR) is 116 cm³/mol. The van der Waals surface area contributed by atoms with Gasteiger partial charge in [0, 0.05) is 15.7 Å². The number of hydrogen-bond donors (Lipinski definition) is 1. The summed E-state index contributed by atoms with van der Waals surface area (Å²) in [7, 11) is 0. The summed E-state index contributed by atoms with van der Waals surface area (Å²) in [4.78, 5) is 11.1. The summed E-state index contributed by atoms with van der Waals surface area (Å²) in [5, 5.41) is 2.91. The van der Waals surface area contributed by atoms with Crippen molar-refractivity contribution >= 4 is 34.7 Å². The highest BCUT2D eigenvalue weighted by molar-refractivity contribution is 14.1. The van der Waals surface area contributed by atoms with Gasteiger partial charge in [-0.25, -0.2) is 0 Å². The molecule has 0 saturated heterocycles. The molecule has 1 N–H and O–H groups in total. The lowest BCUT2D eigenvalue weighted by atomic mass is 9.83. The first-order valence-electron chi connectivity index (χ1n) is 9.07. The molecule has 0 radical (unpaired) electrons. The maximum atomic E-state index is 11.1. The number of fused-ring (bicyclic) bond motifs is 1. The van der Waals surface area contributed by atoms with Gasteiger partial charge in [-0.15, -0.1) is 0 Å². The Labute approximate surface area is 169 Å². The zero-order valence-electron chi connectivity index (χ0n) is 16.0. The van der Waals surface area contributed by atoms with Crippen LogP contribution < -0.4 is 10.1 Å². The molecule has 2 unspecified atom stereocenters. The van der Waals surface area contributed by atoms with E-state index in [1.165, 1.54) is 16.7 Å². The summed E-state index contributed by atoms with van der Waals surface area (Å²) in [5.41, 5.74) is 8.06. The number of alkyl halides is 1. The molecule has 3 nitrogen and oxygen atoms in total. The largest absolute Gasteiger partial charge is 0.488 e. The highest BCUT2D eigenvalue weighted by Gasteiger charge is 2.38. The number of hydrogen-bond acceptors (Lipinski definition) is 2. The van der Waals surface area contributed by atoms with Crippen LogP contribution in [0.15, 0.2) is 24.3 Å². The number of anilines is 1. The van der Waals surface area contributed by atoms with E-state index in [1.54, 1.807) is 0 Å². The number of benzene rings is 2. The standard InChI is InChI=1S/C22H26INO2/c1-12(2)16-6-8-17(9-7-16)20-18(10-23)26-22-14(4)13(3)21(24-11-25)15(5)19(20)22/h6-9,11-12,18,20H,10H2,1-5H3,(H,24,25). The first-order valence-corrected chi connectivity index (χ1v) is 10.6. The van der Waals surface area contributed by atoms with E-state index in [1.807, 2.05) is 6.92 Å². The Morgan fingerprint density at radius 3 is 2.31 bits per heavy atom. The normalized spacial score (nSPS) is 18.6. The molecule has 0 aromatic heterocycles. The fourth-order valence-electron chi connectivity index (χ4n) is 3.94. The second kappa shape index (κ2) is 7.59. The van der Waals surface area contributed by atoms with Gasteiger partial charge in [0.2, 0.25) is 6.41 Å². The summed E-state index contributed by atoms with van der Waals surface area (Å²) in [6, 6.07) is 8.92. The van der Waals surface area contributed by atoms with E-state index in [2.05, 4.69) is 79.9 Å². The number of carbonyl (C=O) groups excluding carboxylic acids is 1. The summed E-state index contributed by atoms with van der Waals surface area (Å²) in [6.45, 7) is 10.6. The second-order valence-corrected chi connectivity index (χ2v) is 8.25. The van der Waals surface area contributed by atoms with E-state index >= 15 is 0 Å². The van der Waals surface area contributed by atoms with Gasteiger partial charge in [-0.1, -0.05) is 60.7 Å². The van der Waals surface area contributed by atoms with Crippen molar-refractivity contribution in [2.45, 2.75) is 52.6 Å². The molecule has 0 spiro atoms. The van der Waals surface area contributed by atoms with Crippen molar-refractivity contribution in [1.82, 2.24) is 0 Å². The first kappa shape index (κ1) is 19.2. The molecule has 0 fully saturated rings. The summed E-state index contributed by atoms with van der Waals surface area (Å²) in [5.74, 6) is 1.71. The van der Waals surface area contributed by atoms with Crippen molar-refractivity contribution in [1.29, 1.82) is 0 Å². The Hall–Kier alpha value is -1.56. The Balaban J connectivity index is 2.17. The molecule has 1 aliphatic rings. The number of carbonyl (C=O) groups is 1. The smallest absolute Gasteiger partial charge is 0.211 e. The molecule has 1 aliphatic heterocycles. The van der Waals surface area contributed by atoms with E-state index in [9.17, 15) is 4.79 Å².